The first-order chi connectivity index (χ1) is 8.59. The number of carbonyl (C=O) groups excluding carboxylic acids is 1. The lowest BCUT2D eigenvalue weighted by Crippen LogP contribution is -2.25. The van der Waals surface area contributed by atoms with Crippen LogP contribution in [0.3, 0.4) is 0 Å². The Morgan fingerprint density at radius 3 is 2.61 bits per heavy atom. The summed E-state index contributed by atoms with van der Waals surface area (Å²) in [5, 5.41) is 1.01. The molecule has 0 spiro atoms. The van der Waals surface area contributed by atoms with Gasteiger partial charge in [0.25, 0.3) is 5.91 Å². The SMILES string of the molecule is CN1/C(=C2\SC(S)N(C)C2=O)Sc2ccccc21. The Hall–Kier alpha value is -0.720. The van der Waals surface area contributed by atoms with E-state index in [0.29, 0.717) is 0 Å². The summed E-state index contributed by atoms with van der Waals surface area (Å²) in [4.78, 5) is 17.9. The van der Waals surface area contributed by atoms with Crippen LogP contribution in [-0.4, -0.2) is 29.6 Å². The third-order valence-electron chi connectivity index (χ3n) is 3.00. The van der Waals surface area contributed by atoms with Crippen molar-refractivity contribution < 1.29 is 4.79 Å². The number of thiol groups is 1. The van der Waals surface area contributed by atoms with Crippen LogP contribution in [0.25, 0.3) is 0 Å². The van der Waals surface area contributed by atoms with E-state index in [2.05, 4.69) is 29.7 Å². The zero-order valence-electron chi connectivity index (χ0n) is 9.95. The van der Waals surface area contributed by atoms with Crippen LogP contribution in [0.15, 0.2) is 39.1 Å². The van der Waals surface area contributed by atoms with Crippen molar-refractivity contribution in [1.82, 2.24) is 4.90 Å². The van der Waals surface area contributed by atoms with Crippen LogP contribution in [0.1, 0.15) is 0 Å². The van der Waals surface area contributed by atoms with Gasteiger partial charge in [-0.15, -0.1) is 12.6 Å². The molecular weight excluding hydrogens is 284 g/mol. The number of fused-ring (bicyclic) bond motifs is 1. The molecule has 6 heteroatoms. The van der Waals surface area contributed by atoms with Crippen molar-refractivity contribution >= 4 is 47.7 Å². The number of hydrogen-bond donors (Lipinski definition) is 1. The Labute approximate surface area is 120 Å². The molecule has 0 N–H and O–H groups in total. The second-order valence-electron chi connectivity index (χ2n) is 4.12. The molecule has 2 heterocycles. The van der Waals surface area contributed by atoms with Crippen LogP contribution >= 0.6 is 36.2 Å². The van der Waals surface area contributed by atoms with Crippen molar-refractivity contribution in [1.29, 1.82) is 0 Å². The second kappa shape index (κ2) is 4.43. The first-order valence-electron chi connectivity index (χ1n) is 5.46. The minimum atomic E-state index is -0.0855. The van der Waals surface area contributed by atoms with Crippen molar-refractivity contribution in [2.75, 3.05) is 19.0 Å². The molecule has 0 radical (unpaired) electrons. The van der Waals surface area contributed by atoms with Crippen LogP contribution in [-0.2, 0) is 4.79 Å². The molecule has 1 unspecified atom stereocenters. The van der Waals surface area contributed by atoms with Gasteiger partial charge >= 0.3 is 0 Å². The average Bonchev–Trinajstić information content (AvgIpc) is 2.83. The topological polar surface area (TPSA) is 23.6 Å². The summed E-state index contributed by atoms with van der Waals surface area (Å²) in [6, 6.07) is 8.18. The number of anilines is 1. The molecule has 0 aliphatic carbocycles. The molecule has 3 nitrogen and oxygen atoms in total. The fourth-order valence-corrected chi connectivity index (χ4v) is 4.66. The molecule has 1 aromatic rings. The molecule has 0 saturated carbocycles. The zero-order chi connectivity index (χ0) is 12.9. The Balaban J connectivity index is 2.04. The van der Waals surface area contributed by atoms with E-state index in [1.54, 1.807) is 23.7 Å². The van der Waals surface area contributed by atoms with Gasteiger partial charge in [0.1, 0.15) is 9.61 Å². The molecule has 2 aliphatic rings. The Morgan fingerprint density at radius 1 is 1.28 bits per heavy atom. The Bertz CT molecular complexity index is 558. The standard InChI is InChI=1S/C12H12N2OS3/c1-13-7-5-3-4-6-8(7)17-11(13)9-10(15)14(2)12(16)18-9/h3-6,12,16H,1-2H3/b11-9+. The van der Waals surface area contributed by atoms with E-state index < -0.39 is 0 Å². The van der Waals surface area contributed by atoms with Crippen molar-refractivity contribution in [3.8, 4) is 0 Å². The molecule has 1 saturated heterocycles. The minimum Gasteiger partial charge on any atom is -0.337 e. The molecular formula is C12H12N2OS3. The summed E-state index contributed by atoms with van der Waals surface area (Å²) >= 11 is 7.56. The van der Waals surface area contributed by atoms with Crippen LogP contribution < -0.4 is 4.90 Å². The highest BCUT2D eigenvalue weighted by atomic mass is 32.2. The first-order valence-corrected chi connectivity index (χ1v) is 7.67. The van der Waals surface area contributed by atoms with E-state index in [0.717, 1.165) is 15.6 Å². The molecule has 1 amide bonds. The molecule has 0 aromatic heterocycles. The monoisotopic (exact) mass is 296 g/mol. The Kier molecular flexibility index (Phi) is 3.03. The molecule has 2 aliphatic heterocycles. The summed E-state index contributed by atoms with van der Waals surface area (Å²) < 4.78 is -0.0855. The third-order valence-corrected chi connectivity index (χ3v) is 6.16. The van der Waals surface area contributed by atoms with Gasteiger partial charge < -0.3 is 9.80 Å². The second-order valence-corrected chi connectivity index (χ2v) is 7.08. The van der Waals surface area contributed by atoms with E-state index in [-0.39, 0.29) is 10.6 Å². The van der Waals surface area contributed by atoms with Gasteiger partial charge in [-0.3, -0.25) is 4.79 Å². The van der Waals surface area contributed by atoms with Gasteiger partial charge in [-0.1, -0.05) is 35.7 Å². The first kappa shape index (κ1) is 12.3. The Morgan fingerprint density at radius 2 is 2.00 bits per heavy atom. The van der Waals surface area contributed by atoms with Gasteiger partial charge in [0, 0.05) is 19.0 Å². The number of hydrogen-bond acceptors (Lipinski definition) is 5. The lowest BCUT2D eigenvalue weighted by Gasteiger charge is -2.14. The van der Waals surface area contributed by atoms with Crippen molar-refractivity contribution in [3.63, 3.8) is 0 Å². The van der Waals surface area contributed by atoms with Crippen LogP contribution in [0.2, 0.25) is 0 Å². The van der Waals surface area contributed by atoms with E-state index in [1.807, 2.05) is 19.2 Å². The van der Waals surface area contributed by atoms with Gasteiger partial charge in [-0.05, 0) is 12.1 Å². The van der Waals surface area contributed by atoms with E-state index in [1.165, 1.54) is 16.7 Å². The van der Waals surface area contributed by atoms with Crippen molar-refractivity contribution in [2.24, 2.45) is 0 Å². The summed E-state index contributed by atoms with van der Waals surface area (Å²) in [6.07, 6.45) is 0. The summed E-state index contributed by atoms with van der Waals surface area (Å²) in [6.45, 7) is 0. The maximum atomic E-state index is 12.2. The molecule has 1 fully saturated rings. The smallest absolute Gasteiger partial charge is 0.264 e. The maximum absolute atomic E-state index is 12.2. The molecule has 0 bridgehead atoms. The minimum absolute atomic E-state index is 0.0576. The number of para-hydroxylation sites is 1. The number of likely N-dealkylation sites (N-methyl/N-ethyl adjacent to an activating group) is 1. The molecule has 3 rings (SSSR count). The molecule has 18 heavy (non-hydrogen) atoms. The predicted octanol–water partition coefficient (Wildman–Crippen LogP) is 2.82. The van der Waals surface area contributed by atoms with Gasteiger partial charge in [0.05, 0.1) is 10.7 Å². The fraction of sp³-hybridized carbons (Fsp3) is 0.250. The van der Waals surface area contributed by atoms with Gasteiger partial charge in [-0.25, -0.2) is 0 Å². The summed E-state index contributed by atoms with van der Waals surface area (Å²) in [7, 11) is 3.79. The largest absolute Gasteiger partial charge is 0.337 e. The highest BCUT2D eigenvalue weighted by Gasteiger charge is 2.37. The third kappa shape index (κ3) is 1.74. The van der Waals surface area contributed by atoms with Crippen LogP contribution in [0.5, 0.6) is 0 Å². The maximum Gasteiger partial charge on any atom is 0.264 e. The lowest BCUT2D eigenvalue weighted by atomic mass is 10.3. The normalized spacial score (nSPS) is 27.1. The number of benzene rings is 1. The molecule has 94 valence electrons. The summed E-state index contributed by atoms with van der Waals surface area (Å²) in [5.41, 5.74) is 1.16. The highest BCUT2D eigenvalue weighted by Crippen LogP contribution is 2.50. The van der Waals surface area contributed by atoms with Gasteiger partial charge in [0.2, 0.25) is 0 Å². The average molecular weight is 296 g/mol. The number of thioether (sulfide) groups is 2. The lowest BCUT2D eigenvalue weighted by molar-refractivity contribution is -0.124. The quantitative estimate of drug-likeness (QED) is 0.587. The number of carbonyl (C=O) groups is 1. The number of nitrogens with zero attached hydrogens (tertiary/aromatic N) is 2. The number of amides is 1. The van der Waals surface area contributed by atoms with Crippen LogP contribution in [0.4, 0.5) is 5.69 Å². The van der Waals surface area contributed by atoms with Crippen LogP contribution in [0, 0.1) is 0 Å². The molecule has 1 atom stereocenters. The van der Waals surface area contributed by atoms with E-state index in [9.17, 15) is 4.79 Å². The van der Waals surface area contributed by atoms with E-state index >= 15 is 0 Å². The molecule has 1 aromatic carbocycles. The highest BCUT2D eigenvalue weighted by molar-refractivity contribution is 8.15. The van der Waals surface area contributed by atoms with Gasteiger partial charge in [-0.2, -0.15) is 0 Å². The van der Waals surface area contributed by atoms with E-state index in [4.69, 9.17) is 0 Å². The van der Waals surface area contributed by atoms with Gasteiger partial charge in [0.15, 0.2) is 0 Å². The van der Waals surface area contributed by atoms with Crippen molar-refractivity contribution in [2.45, 2.75) is 9.60 Å². The summed E-state index contributed by atoms with van der Waals surface area (Å²) in [5.74, 6) is 0.0576. The fourth-order valence-electron chi connectivity index (χ4n) is 1.94. The van der Waals surface area contributed by atoms with Crippen molar-refractivity contribution in [3.05, 3.63) is 34.2 Å². The predicted molar refractivity (Wildman–Crippen MR) is 80.9 cm³/mol. The zero-order valence-corrected chi connectivity index (χ0v) is 12.5. The number of rotatable bonds is 0.